The van der Waals surface area contributed by atoms with Crippen molar-refractivity contribution in [2.24, 2.45) is 0 Å². The van der Waals surface area contributed by atoms with Gasteiger partial charge in [-0.3, -0.25) is 4.90 Å². The van der Waals surface area contributed by atoms with Crippen molar-refractivity contribution in [3.63, 3.8) is 0 Å². The van der Waals surface area contributed by atoms with Crippen LogP contribution in [0.2, 0.25) is 0 Å². The third-order valence-electron chi connectivity index (χ3n) is 5.55. The first-order chi connectivity index (χ1) is 12.5. The zero-order valence-electron chi connectivity index (χ0n) is 15.9. The molecule has 2 N–H and O–H groups in total. The van der Waals surface area contributed by atoms with E-state index in [2.05, 4.69) is 28.4 Å². The summed E-state index contributed by atoms with van der Waals surface area (Å²) in [7, 11) is 0. The predicted octanol–water partition coefficient (Wildman–Crippen LogP) is 3.07. The minimum Gasteiger partial charge on any atom is -0.493 e. The monoisotopic (exact) mass is 354 g/mol. The smallest absolute Gasteiger partial charge is 0.127 e. The van der Waals surface area contributed by atoms with Gasteiger partial charge >= 0.3 is 0 Å². The van der Waals surface area contributed by atoms with Gasteiger partial charge in [0.25, 0.3) is 0 Å². The van der Waals surface area contributed by atoms with E-state index in [9.17, 15) is 5.11 Å². The number of nitrogens with one attached hydrogen (secondary N) is 1. The largest absolute Gasteiger partial charge is 0.493 e. The summed E-state index contributed by atoms with van der Waals surface area (Å²) in [5.41, 5.74) is 3.84. The molecule has 26 heavy (non-hydrogen) atoms. The lowest BCUT2D eigenvalue weighted by Gasteiger charge is -2.21. The molecule has 4 heteroatoms. The normalized spacial score (nSPS) is 26.7. The highest BCUT2D eigenvalue weighted by Gasteiger charge is 2.25. The van der Waals surface area contributed by atoms with Crippen LogP contribution in [0.15, 0.2) is 35.9 Å². The van der Waals surface area contributed by atoms with E-state index in [-0.39, 0.29) is 0 Å². The van der Waals surface area contributed by atoms with E-state index in [0.29, 0.717) is 12.6 Å². The fourth-order valence-corrected chi connectivity index (χ4v) is 3.85. The number of likely N-dealkylation sites (tertiary alicyclic amines) is 1. The van der Waals surface area contributed by atoms with Crippen LogP contribution >= 0.6 is 0 Å². The Bertz CT molecular complexity index is 720. The van der Waals surface area contributed by atoms with Crippen molar-refractivity contribution in [2.45, 2.75) is 44.8 Å². The summed E-state index contributed by atoms with van der Waals surface area (Å²) in [4.78, 5) is 2.52. The second-order valence-corrected chi connectivity index (χ2v) is 8.20. The topological polar surface area (TPSA) is 54.6 Å². The maximum absolute atomic E-state index is 10.5. The van der Waals surface area contributed by atoms with Crippen molar-refractivity contribution in [1.82, 2.24) is 10.2 Å². The van der Waals surface area contributed by atoms with Crippen molar-refractivity contribution in [1.29, 1.82) is 0 Å². The van der Waals surface area contributed by atoms with Gasteiger partial charge in [0.05, 0.1) is 12.2 Å². The molecule has 0 saturated carbocycles. The molecule has 1 aromatic rings. The molecule has 0 aliphatic carbocycles. The standard InChI is InChI=1S/C22H30N2O2/c1-22(2,25)17-5-6-21-20(14-17)19(7-11-24-9-3-4-10-24)16(8-12-26-21)13-18-15-23-18/h5-7,13-14,18,23,25H,3-4,8-12,15H2,1-2H3/b16-13+,19-7+. The minimum absolute atomic E-state index is 0.499. The number of rotatable bonds is 4. The van der Waals surface area contributed by atoms with E-state index in [4.69, 9.17) is 4.74 Å². The molecule has 3 aliphatic heterocycles. The third-order valence-corrected chi connectivity index (χ3v) is 5.55. The molecule has 2 saturated heterocycles. The Morgan fingerprint density at radius 2 is 2.08 bits per heavy atom. The van der Waals surface area contributed by atoms with Crippen LogP contribution in [0.1, 0.15) is 44.2 Å². The number of ether oxygens (including phenoxy) is 1. The summed E-state index contributed by atoms with van der Waals surface area (Å²) in [6.45, 7) is 8.82. The van der Waals surface area contributed by atoms with Crippen LogP contribution in [-0.4, -0.2) is 48.8 Å². The van der Waals surface area contributed by atoms with Gasteiger partial charge < -0.3 is 15.2 Å². The first-order valence-electron chi connectivity index (χ1n) is 9.88. The van der Waals surface area contributed by atoms with Gasteiger partial charge in [-0.1, -0.05) is 18.2 Å². The van der Waals surface area contributed by atoms with Crippen LogP contribution in [-0.2, 0) is 5.60 Å². The first-order valence-corrected chi connectivity index (χ1v) is 9.88. The number of aliphatic hydroxyl groups is 1. The van der Waals surface area contributed by atoms with Crippen LogP contribution in [0.4, 0.5) is 0 Å². The quantitative estimate of drug-likeness (QED) is 0.816. The lowest BCUT2D eigenvalue weighted by molar-refractivity contribution is 0.0785. The van der Waals surface area contributed by atoms with Gasteiger partial charge in [-0.25, -0.2) is 0 Å². The minimum atomic E-state index is -0.858. The van der Waals surface area contributed by atoms with E-state index in [1.165, 1.54) is 37.1 Å². The molecule has 1 atom stereocenters. The van der Waals surface area contributed by atoms with Gasteiger partial charge in [0.15, 0.2) is 0 Å². The van der Waals surface area contributed by atoms with E-state index in [1.807, 2.05) is 26.0 Å². The van der Waals surface area contributed by atoms with Crippen LogP contribution in [0, 0.1) is 0 Å². The first kappa shape index (κ1) is 17.8. The molecule has 0 aromatic heterocycles. The number of hydrogen-bond acceptors (Lipinski definition) is 4. The molecule has 2 fully saturated rings. The summed E-state index contributed by atoms with van der Waals surface area (Å²) in [6, 6.07) is 6.61. The fourth-order valence-electron chi connectivity index (χ4n) is 3.85. The lowest BCUT2D eigenvalue weighted by Crippen LogP contribution is -2.19. The van der Waals surface area contributed by atoms with E-state index >= 15 is 0 Å². The second kappa shape index (κ2) is 7.18. The lowest BCUT2D eigenvalue weighted by atomic mass is 9.90. The molecular formula is C22H30N2O2. The van der Waals surface area contributed by atoms with Gasteiger partial charge in [-0.15, -0.1) is 0 Å². The van der Waals surface area contributed by atoms with Crippen molar-refractivity contribution in [3.8, 4) is 5.75 Å². The Morgan fingerprint density at radius 1 is 1.31 bits per heavy atom. The number of hydrogen-bond donors (Lipinski definition) is 2. The van der Waals surface area contributed by atoms with Crippen molar-refractivity contribution >= 4 is 5.57 Å². The van der Waals surface area contributed by atoms with E-state index < -0.39 is 5.60 Å². The molecule has 1 unspecified atom stereocenters. The van der Waals surface area contributed by atoms with Crippen LogP contribution < -0.4 is 10.1 Å². The van der Waals surface area contributed by atoms with Gasteiger partial charge in [-0.05, 0) is 68.6 Å². The summed E-state index contributed by atoms with van der Waals surface area (Å²) >= 11 is 0. The maximum atomic E-state index is 10.5. The van der Waals surface area contributed by atoms with Gasteiger partial charge in [0.2, 0.25) is 0 Å². The van der Waals surface area contributed by atoms with E-state index in [1.54, 1.807) is 0 Å². The van der Waals surface area contributed by atoms with Crippen LogP contribution in [0.5, 0.6) is 5.75 Å². The summed E-state index contributed by atoms with van der Waals surface area (Å²) in [5.74, 6) is 0.929. The zero-order chi connectivity index (χ0) is 18.1. The van der Waals surface area contributed by atoms with Gasteiger partial charge in [0.1, 0.15) is 5.75 Å². The molecule has 1 aromatic carbocycles. The van der Waals surface area contributed by atoms with Crippen LogP contribution in [0.25, 0.3) is 5.57 Å². The maximum Gasteiger partial charge on any atom is 0.127 e. The second-order valence-electron chi connectivity index (χ2n) is 8.20. The predicted molar refractivity (Wildman–Crippen MR) is 105 cm³/mol. The highest BCUT2D eigenvalue weighted by atomic mass is 16.5. The molecule has 0 radical (unpaired) electrons. The molecule has 0 spiro atoms. The summed E-state index contributed by atoms with van der Waals surface area (Å²) in [5, 5.41) is 13.9. The molecule has 4 rings (SSSR count). The zero-order valence-corrected chi connectivity index (χ0v) is 15.9. The Morgan fingerprint density at radius 3 is 2.77 bits per heavy atom. The summed E-state index contributed by atoms with van der Waals surface area (Å²) in [6.07, 6.45) is 8.28. The van der Waals surface area contributed by atoms with Crippen molar-refractivity contribution in [3.05, 3.63) is 47.1 Å². The van der Waals surface area contributed by atoms with Crippen LogP contribution in [0.3, 0.4) is 0 Å². The highest BCUT2D eigenvalue weighted by Crippen LogP contribution is 2.38. The number of allylic oxidation sites excluding steroid dienone is 1. The Kier molecular flexibility index (Phi) is 4.91. The molecule has 4 nitrogen and oxygen atoms in total. The number of benzene rings is 1. The molecule has 0 amide bonds. The van der Waals surface area contributed by atoms with Crippen molar-refractivity contribution in [2.75, 3.05) is 32.8 Å². The average molecular weight is 354 g/mol. The number of fused-ring (bicyclic) bond motifs is 1. The van der Waals surface area contributed by atoms with E-state index in [0.717, 1.165) is 36.4 Å². The number of nitrogens with zero attached hydrogens (tertiary/aromatic N) is 1. The molecule has 3 aliphatic rings. The molecular weight excluding hydrogens is 324 g/mol. The Labute approximate surface area is 156 Å². The highest BCUT2D eigenvalue weighted by molar-refractivity contribution is 5.83. The SMILES string of the molecule is CC(C)(O)c1ccc2c(c1)C(=C/CN1CCCC1)/C(=C/C1CN1)CCO2. The molecule has 3 heterocycles. The third kappa shape index (κ3) is 4.03. The summed E-state index contributed by atoms with van der Waals surface area (Å²) < 4.78 is 6.05. The van der Waals surface area contributed by atoms with Crippen molar-refractivity contribution < 1.29 is 9.84 Å². The van der Waals surface area contributed by atoms with Gasteiger partial charge in [0, 0.05) is 31.1 Å². The Hall–Kier alpha value is -1.62. The molecule has 140 valence electrons. The Balaban J connectivity index is 1.74. The molecule has 0 bridgehead atoms. The average Bonchev–Trinajstić information content (AvgIpc) is 3.30. The fraction of sp³-hybridized carbons (Fsp3) is 0.545. The van der Waals surface area contributed by atoms with Gasteiger partial charge in [-0.2, -0.15) is 0 Å².